The predicted molar refractivity (Wildman–Crippen MR) is 192 cm³/mol. The molecule has 5 aliphatic rings. The molecule has 2 bridgehead atoms. The third-order valence-corrected chi connectivity index (χ3v) is 12.4. The van der Waals surface area contributed by atoms with Gasteiger partial charge in [0.1, 0.15) is 18.2 Å². The number of rotatable bonds is 10. The van der Waals surface area contributed by atoms with Gasteiger partial charge in [0.05, 0.1) is 25.5 Å². The van der Waals surface area contributed by atoms with Gasteiger partial charge in [-0.2, -0.15) is 5.10 Å². The topological polar surface area (TPSA) is 110 Å². The second-order valence-electron chi connectivity index (χ2n) is 15.7. The van der Waals surface area contributed by atoms with Crippen LogP contribution in [-0.4, -0.2) is 76.2 Å². The van der Waals surface area contributed by atoms with Crippen molar-refractivity contribution in [2.24, 2.45) is 11.3 Å². The number of hydrogen-bond acceptors (Lipinski definition) is 7. The molecular weight excluding hydrogens is 630 g/mol. The SMILES string of the molecule is COc1ccc(C23CCC(CN(C(=O)C4CCCCC4)c4cc(-c5cnn(C(C)COC(=O)N6CC[C@@H](O)C6)c5)ccn4)(CC2)CC3)cc1C. The van der Waals surface area contributed by atoms with Crippen LogP contribution in [0.4, 0.5) is 10.6 Å². The van der Waals surface area contributed by atoms with E-state index in [2.05, 4.69) is 41.2 Å². The van der Waals surface area contributed by atoms with Crippen LogP contribution in [0, 0.1) is 18.3 Å². The Balaban J connectivity index is 1.07. The van der Waals surface area contributed by atoms with Crippen LogP contribution in [0.2, 0.25) is 0 Å². The summed E-state index contributed by atoms with van der Waals surface area (Å²) in [4.78, 5) is 35.3. The van der Waals surface area contributed by atoms with Crippen molar-refractivity contribution >= 4 is 17.8 Å². The zero-order valence-corrected chi connectivity index (χ0v) is 30.0. The largest absolute Gasteiger partial charge is 0.496 e. The highest BCUT2D eigenvalue weighted by atomic mass is 16.6. The number of hydrogen-bond donors (Lipinski definition) is 1. The Kier molecular flexibility index (Phi) is 9.92. The van der Waals surface area contributed by atoms with Crippen molar-refractivity contribution in [3.63, 3.8) is 0 Å². The molecule has 2 atom stereocenters. The summed E-state index contributed by atoms with van der Waals surface area (Å²) in [6.45, 7) is 5.82. The van der Waals surface area contributed by atoms with Gasteiger partial charge in [0.15, 0.2) is 0 Å². The van der Waals surface area contributed by atoms with Crippen LogP contribution in [0.3, 0.4) is 0 Å². The molecule has 2 amide bonds. The maximum atomic E-state index is 14.4. The maximum absolute atomic E-state index is 14.4. The fraction of sp³-hybridized carbons (Fsp3) is 0.600. The third-order valence-electron chi connectivity index (χ3n) is 12.4. The summed E-state index contributed by atoms with van der Waals surface area (Å²) in [5.74, 6) is 1.95. The van der Waals surface area contributed by atoms with E-state index in [0.717, 1.165) is 86.9 Å². The van der Waals surface area contributed by atoms with Crippen molar-refractivity contribution in [3.8, 4) is 16.9 Å². The molecule has 1 aromatic carbocycles. The van der Waals surface area contributed by atoms with Gasteiger partial charge in [-0.1, -0.05) is 31.4 Å². The molecule has 2 aromatic heterocycles. The van der Waals surface area contributed by atoms with Crippen LogP contribution >= 0.6 is 0 Å². The van der Waals surface area contributed by atoms with Crippen molar-refractivity contribution < 1.29 is 24.2 Å². The fourth-order valence-electron chi connectivity index (χ4n) is 9.06. The number of aromatic nitrogens is 3. The fourth-order valence-corrected chi connectivity index (χ4v) is 9.06. The zero-order chi connectivity index (χ0) is 34.9. The lowest BCUT2D eigenvalue weighted by molar-refractivity contribution is -0.124. The molecule has 10 heteroatoms. The first-order valence-corrected chi connectivity index (χ1v) is 18.7. The molecule has 1 aliphatic heterocycles. The quantitative estimate of drug-likeness (QED) is 0.240. The Morgan fingerprint density at radius 2 is 1.78 bits per heavy atom. The van der Waals surface area contributed by atoms with E-state index in [-0.39, 0.29) is 35.3 Å². The molecule has 1 saturated heterocycles. The van der Waals surface area contributed by atoms with Crippen molar-refractivity contribution in [1.82, 2.24) is 19.7 Å². The maximum Gasteiger partial charge on any atom is 0.409 e. The number of methoxy groups -OCH3 is 1. The molecule has 10 nitrogen and oxygen atoms in total. The van der Waals surface area contributed by atoms with Gasteiger partial charge in [-0.15, -0.1) is 0 Å². The Morgan fingerprint density at radius 3 is 2.46 bits per heavy atom. The standard InChI is InChI=1S/C40H53N5O5/c1-28-21-33(9-10-35(28)49-3)40-16-13-39(14-17-40,15-18-40)27-44(37(47)30-7-5-4-6-8-30)36-22-31(11-19-41-36)32-23-42-45(24-32)29(2)26-50-38(48)43-20-12-34(46)25-43/h9-11,19,21-24,29-30,34,46H,4-8,12-18,20,25-27H2,1-3H3/t29?,34-,39?,40?/m1/s1. The summed E-state index contributed by atoms with van der Waals surface area (Å²) in [5.41, 5.74) is 4.81. The predicted octanol–water partition coefficient (Wildman–Crippen LogP) is 7.23. The normalized spacial score (nSPS) is 25.8. The first-order chi connectivity index (χ1) is 24.2. The van der Waals surface area contributed by atoms with Crippen molar-refractivity contribution in [2.75, 3.05) is 38.3 Å². The molecule has 0 radical (unpaired) electrons. The van der Waals surface area contributed by atoms with E-state index < -0.39 is 12.2 Å². The van der Waals surface area contributed by atoms with Crippen LogP contribution in [0.25, 0.3) is 11.1 Å². The van der Waals surface area contributed by atoms with Crippen molar-refractivity contribution in [1.29, 1.82) is 0 Å². The number of aryl methyl sites for hydroxylation is 1. The molecule has 268 valence electrons. The molecule has 5 fully saturated rings. The second kappa shape index (κ2) is 14.4. The number of aliphatic hydroxyl groups is 1. The van der Waals surface area contributed by atoms with Crippen LogP contribution in [0.5, 0.6) is 5.75 Å². The van der Waals surface area contributed by atoms with Crippen molar-refractivity contribution in [3.05, 3.63) is 60.0 Å². The van der Waals surface area contributed by atoms with Crippen LogP contribution < -0.4 is 9.64 Å². The molecule has 50 heavy (non-hydrogen) atoms. The third kappa shape index (κ3) is 7.00. The Morgan fingerprint density at radius 1 is 1.02 bits per heavy atom. The van der Waals surface area contributed by atoms with Gasteiger partial charge in [-0.3, -0.25) is 14.4 Å². The number of β-amino-alcohol motifs (C(OH)–C–C–N with tert-alkyl or cyclic N) is 1. The Labute approximate surface area is 296 Å². The number of anilines is 1. The number of nitrogens with zero attached hydrogens (tertiary/aromatic N) is 5. The van der Waals surface area contributed by atoms with E-state index in [1.54, 1.807) is 12.0 Å². The van der Waals surface area contributed by atoms with Crippen LogP contribution in [0.1, 0.15) is 101 Å². The molecule has 1 unspecified atom stereocenters. The average molecular weight is 684 g/mol. The van der Waals surface area contributed by atoms with Crippen molar-refractivity contribution in [2.45, 2.75) is 108 Å². The minimum absolute atomic E-state index is 0.0503. The summed E-state index contributed by atoms with van der Waals surface area (Å²) < 4.78 is 12.9. The van der Waals surface area contributed by atoms with E-state index in [4.69, 9.17) is 14.5 Å². The summed E-state index contributed by atoms with van der Waals surface area (Å²) in [5, 5.41) is 14.3. The molecule has 3 heterocycles. The smallest absolute Gasteiger partial charge is 0.409 e. The number of pyridine rings is 1. The highest BCUT2D eigenvalue weighted by Crippen LogP contribution is 2.58. The Hall–Kier alpha value is -3.92. The summed E-state index contributed by atoms with van der Waals surface area (Å²) in [7, 11) is 1.74. The van der Waals surface area contributed by atoms with Gasteiger partial charge in [-0.05, 0) is 117 Å². The lowest BCUT2D eigenvalue weighted by Gasteiger charge is -2.55. The number of fused-ring (bicyclic) bond motifs is 3. The van der Waals surface area contributed by atoms with Crippen LogP contribution in [-0.2, 0) is 14.9 Å². The lowest BCUT2D eigenvalue weighted by Crippen LogP contribution is -2.51. The first kappa shape index (κ1) is 34.5. The summed E-state index contributed by atoms with van der Waals surface area (Å²) >= 11 is 0. The molecule has 8 rings (SSSR count). The number of amides is 2. The van der Waals surface area contributed by atoms with Gasteiger partial charge >= 0.3 is 6.09 Å². The van der Waals surface area contributed by atoms with E-state index in [0.29, 0.717) is 26.1 Å². The number of likely N-dealkylation sites (tertiary alicyclic amines) is 1. The zero-order valence-electron chi connectivity index (χ0n) is 30.0. The van der Waals surface area contributed by atoms with Gasteiger partial charge in [0.2, 0.25) is 5.91 Å². The van der Waals surface area contributed by atoms with Gasteiger partial charge < -0.3 is 19.5 Å². The van der Waals surface area contributed by atoms with E-state index in [9.17, 15) is 14.7 Å². The number of carbonyl (C=O) groups is 2. The van der Waals surface area contributed by atoms with E-state index in [1.165, 1.54) is 17.5 Å². The minimum atomic E-state index is -0.480. The average Bonchev–Trinajstić information content (AvgIpc) is 3.84. The lowest BCUT2D eigenvalue weighted by atomic mass is 9.51. The summed E-state index contributed by atoms with van der Waals surface area (Å²) in [6.07, 6.45) is 17.4. The summed E-state index contributed by atoms with van der Waals surface area (Å²) in [6, 6.07) is 10.6. The minimum Gasteiger partial charge on any atom is -0.496 e. The Bertz CT molecular complexity index is 1660. The van der Waals surface area contributed by atoms with Crippen LogP contribution in [0.15, 0.2) is 48.9 Å². The van der Waals surface area contributed by atoms with E-state index in [1.807, 2.05) is 36.3 Å². The number of aliphatic hydroxyl groups excluding tert-OH is 1. The molecule has 1 N–H and O–H groups in total. The molecule has 0 spiro atoms. The van der Waals surface area contributed by atoms with Gasteiger partial charge in [0, 0.05) is 43.5 Å². The number of benzene rings is 1. The first-order valence-electron chi connectivity index (χ1n) is 18.7. The number of carbonyl (C=O) groups excluding carboxylic acids is 2. The van der Waals surface area contributed by atoms with E-state index >= 15 is 0 Å². The van der Waals surface area contributed by atoms with Gasteiger partial charge in [-0.25, -0.2) is 9.78 Å². The molecule has 4 saturated carbocycles. The monoisotopic (exact) mass is 683 g/mol. The molecule has 4 aliphatic carbocycles. The number of ether oxygens (including phenoxy) is 2. The highest BCUT2D eigenvalue weighted by molar-refractivity contribution is 5.95. The van der Waals surface area contributed by atoms with Gasteiger partial charge in [0.25, 0.3) is 0 Å². The second-order valence-corrected chi connectivity index (χ2v) is 15.7. The highest BCUT2D eigenvalue weighted by Gasteiger charge is 2.50. The molecule has 3 aromatic rings. The molecular formula is C40H53N5O5.